The van der Waals surface area contributed by atoms with E-state index in [9.17, 15) is 4.79 Å². The molecule has 0 saturated heterocycles. The van der Waals surface area contributed by atoms with Gasteiger partial charge >= 0.3 is 0 Å². The first kappa shape index (κ1) is 14.6. The highest BCUT2D eigenvalue weighted by atomic mass is 16.5. The topological polar surface area (TPSA) is 71.5 Å². The molecule has 2 aromatic rings. The second-order valence-electron chi connectivity index (χ2n) is 4.07. The van der Waals surface area contributed by atoms with Crippen LogP contribution in [0.3, 0.4) is 0 Å². The maximum Gasteiger partial charge on any atom is 0.257 e. The number of aliphatic hydroxyl groups excluding tert-OH is 1. The molecule has 1 aromatic carbocycles. The molecule has 0 atom stereocenters. The Morgan fingerprint density at radius 3 is 3.05 bits per heavy atom. The van der Waals surface area contributed by atoms with Gasteiger partial charge in [-0.05, 0) is 18.2 Å². The van der Waals surface area contributed by atoms with E-state index in [0.717, 1.165) is 0 Å². The van der Waals surface area contributed by atoms with Gasteiger partial charge in [-0.15, -0.1) is 0 Å². The number of benzene rings is 1. The summed E-state index contributed by atoms with van der Waals surface area (Å²) in [5, 5.41) is 11.5. The van der Waals surface area contributed by atoms with Crippen LogP contribution in [0.5, 0.6) is 5.75 Å². The quantitative estimate of drug-likeness (QED) is 0.840. The molecular weight excluding hydrogens is 268 g/mol. The summed E-state index contributed by atoms with van der Waals surface area (Å²) >= 11 is 0. The maximum atomic E-state index is 12.3. The third kappa shape index (κ3) is 3.81. The highest BCUT2D eigenvalue weighted by Gasteiger charge is 2.10. The van der Waals surface area contributed by atoms with Crippen LogP contribution in [0.15, 0.2) is 42.7 Å². The number of amides is 1. The monoisotopic (exact) mass is 282 g/mol. The van der Waals surface area contributed by atoms with Gasteiger partial charge in [-0.2, -0.15) is 0 Å². The summed E-state index contributed by atoms with van der Waals surface area (Å²) in [6.45, 7) is -0.272. The zero-order chi connectivity index (χ0) is 15.1. The van der Waals surface area contributed by atoms with Gasteiger partial charge in [-0.3, -0.25) is 9.78 Å². The van der Waals surface area contributed by atoms with E-state index in [-0.39, 0.29) is 12.5 Å². The Morgan fingerprint density at radius 1 is 1.43 bits per heavy atom. The van der Waals surface area contributed by atoms with Crippen LogP contribution in [0.2, 0.25) is 0 Å². The van der Waals surface area contributed by atoms with Crippen LogP contribution in [-0.4, -0.2) is 29.7 Å². The van der Waals surface area contributed by atoms with E-state index in [1.54, 1.807) is 37.4 Å². The average Bonchev–Trinajstić information content (AvgIpc) is 2.53. The lowest BCUT2D eigenvalue weighted by molar-refractivity contribution is 0.102. The molecule has 1 aromatic heterocycles. The van der Waals surface area contributed by atoms with E-state index in [1.165, 1.54) is 12.4 Å². The summed E-state index contributed by atoms with van der Waals surface area (Å²) in [7, 11) is 1.56. The normalized spacial score (nSPS) is 9.43. The lowest BCUT2D eigenvalue weighted by Crippen LogP contribution is -2.13. The van der Waals surface area contributed by atoms with Crippen LogP contribution in [0.4, 0.5) is 5.69 Å². The van der Waals surface area contributed by atoms with Crippen molar-refractivity contribution in [3.8, 4) is 17.6 Å². The minimum absolute atomic E-state index is 0.272. The zero-order valence-electron chi connectivity index (χ0n) is 11.5. The molecule has 0 aliphatic rings. The van der Waals surface area contributed by atoms with Gasteiger partial charge in [0.25, 0.3) is 5.91 Å². The first-order valence-corrected chi connectivity index (χ1v) is 6.23. The van der Waals surface area contributed by atoms with Crippen LogP contribution in [0.1, 0.15) is 15.9 Å². The molecule has 2 N–H and O–H groups in total. The fourth-order valence-electron chi connectivity index (χ4n) is 1.73. The number of nitrogens with zero attached hydrogens (tertiary/aromatic N) is 1. The number of anilines is 1. The van der Waals surface area contributed by atoms with Crippen LogP contribution in [0.25, 0.3) is 0 Å². The van der Waals surface area contributed by atoms with Crippen LogP contribution in [0, 0.1) is 11.8 Å². The summed E-state index contributed by atoms with van der Waals surface area (Å²) in [6.07, 6.45) is 3.01. The summed E-state index contributed by atoms with van der Waals surface area (Å²) in [6, 6.07) is 8.64. The molecule has 21 heavy (non-hydrogen) atoms. The van der Waals surface area contributed by atoms with Crippen molar-refractivity contribution >= 4 is 11.6 Å². The van der Waals surface area contributed by atoms with E-state index < -0.39 is 0 Å². The number of rotatable bonds is 3. The van der Waals surface area contributed by atoms with Gasteiger partial charge in [0.05, 0.1) is 18.2 Å². The maximum absolute atomic E-state index is 12.3. The van der Waals surface area contributed by atoms with Crippen LogP contribution in [-0.2, 0) is 0 Å². The van der Waals surface area contributed by atoms with Gasteiger partial charge in [0.2, 0.25) is 0 Å². The predicted molar refractivity (Wildman–Crippen MR) is 79.1 cm³/mol. The highest BCUT2D eigenvalue weighted by Crippen LogP contribution is 2.18. The van der Waals surface area contributed by atoms with Crippen molar-refractivity contribution in [2.45, 2.75) is 0 Å². The highest BCUT2D eigenvalue weighted by molar-refractivity contribution is 6.05. The lowest BCUT2D eigenvalue weighted by atomic mass is 10.1. The van der Waals surface area contributed by atoms with Crippen molar-refractivity contribution in [2.75, 3.05) is 19.0 Å². The van der Waals surface area contributed by atoms with Crippen molar-refractivity contribution < 1.29 is 14.6 Å². The van der Waals surface area contributed by atoms with Crippen molar-refractivity contribution in [3.05, 3.63) is 53.9 Å². The van der Waals surface area contributed by atoms with Gasteiger partial charge in [-0.25, -0.2) is 0 Å². The molecule has 5 heteroatoms. The van der Waals surface area contributed by atoms with Crippen molar-refractivity contribution in [1.82, 2.24) is 4.98 Å². The Kier molecular flexibility index (Phi) is 4.91. The number of aliphatic hydroxyl groups is 1. The van der Waals surface area contributed by atoms with Crippen molar-refractivity contribution in [3.63, 3.8) is 0 Å². The number of hydrogen-bond acceptors (Lipinski definition) is 4. The number of carbonyl (C=O) groups is 1. The largest absolute Gasteiger partial charge is 0.497 e. The Labute approximate surface area is 122 Å². The van der Waals surface area contributed by atoms with E-state index >= 15 is 0 Å². The van der Waals surface area contributed by atoms with Gasteiger partial charge in [0.15, 0.2) is 0 Å². The lowest BCUT2D eigenvalue weighted by Gasteiger charge is -2.08. The molecule has 0 aliphatic carbocycles. The molecule has 0 radical (unpaired) electrons. The van der Waals surface area contributed by atoms with Gasteiger partial charge < -0.3 is 15.2 Å². The number of aromatic nitrogens is 1. The van der Waals surface area contributed by atoms with Crippen LogP contribution < -0.4 is 10.1 Å². The first-order valence-electron chi connectivity index (χ1n) is 6.23. The standard InChI is InChI=1S/C16H14N2O3/c1-21-14-6-2-5-13(10-14)18-16(20)15-7-8-17-11-12(15)4-3-9-19/h2,5-8,10-11,19H,9H2,1H3,(H,18,20). The molecule has 5 nitrogen and oxygen atoms in total. The Bertz CT molecular complexity index is 702. The number of methoxy groups -OCH3 is 1. The molecule has 0 bridgehead atoms. The van der Waals surface area contributed by atoms with E-state index in [4.69, 9.17) is 9.84 Å². The molecule has 2 rings (SSSR count). The number of nitrogens with one attached hydrogen (secondary N) is 1. The Balaban J connectivity index is 2.24. The molecule has 0 saturated carbocycles. The molecule has 1 heterocycles. The molecule has 106 valence electrons. The number of carbonyl (C=O) groups excluding carboxylic acids is 1. The van der Waals surface area contributed by atoms with Crippen molar-refractivity contribution in [1.29, 1.82) is 0 Å². The number of hydrogen-bond donors (Lipinski definition) is 2. The Hall–Kier alpha value is -2.84. The molecule has 0 unspecified atom stereocenters. The number of pyridine rings is 1. The van der Waals surface area contributed by atoms with E-state index in [2.05, 4.69) is 22.1 Å². The molecule has 0 fully saturated rings. The fraction of sp³-hybridized carbons (Fsp3) is 0.125. The fourth-order valence-corrected chi connectivity index (χ4v) is 1.73. The molecule has 1 amide bonds. The molecule has 0 spiro atoms. The third-order valence-electron chi connectivity index (χ3n) is 2.70. The third-order valence-corrected chi connectivity index (χ3v) is 2.70. The van der Waals surface area contributed by atoms with Crippen molar-refractivity contribution in [2.24, 2.45) is 0 Å². The van der Waals surface area contributed by atoms with Crippen LogP contribution >= 0.6 is 0 Å². The van der Waals surface area contributed by atoms with Gasteiger partial charge in [-0.1, -0.05) is 17.9 Å². The van der Waals surface area contributed by atoms with E-state index in [0.29, 0.717) is 22.6 Å². The summed E-state index contributed by atoms with van der Waals surface area (Å²) in [4.78, 5) is 16.2. The van der Waals surface area contributed by atoms with Gasteiger partial charge in [0, 0.05) is 24.1 Å². The number of ether oxygens (including phenoxy) is 1. The smallest absolute Gasteiger partial charge is 0.257 e. The van der Waals surface area contributed by atoms with E-state index in [1.807, 2.05) is 0 Å². The Morgan fingerprint density at radius 2 is 2.29 bits per heavy atom. The molecular formula is C16H14N2O3. The summed E-state index contributed by atoms with van der Waals surface area (Å²) < 4.78 is 5.11. The first-order chi connectivity index (χ1) is 10.2. The zero-order valence-corrected chi connectivity index (χ0v) is 11.5. The summed E-state index contributed by atoms with van der Waals surface area (Å²) in [5.41, 5.74) is 1.48. The average molecular weight is 282 g/mol. The second-order valence-corrected chi connectivity index (χ2v) is 4.07. The minimum atomic E-state index is -0.298. The second kappa shape index (κ2) is 7.08. The summed E-state index contributed by atoms with van der Waals surface area (Å²) in [5.74, 6) is 5.57. The minimum Gasteiger partial charge on any atom is -0.497 e. The SMILES string of the molecule is COc1cccc(NC(=O)c2ccncc2C#CCO)c1. The predicted octanol–water partition coefficient (Wildman–Crippen LogP) is 1.69. The molecule has 0 aliphatic heterocycles. The van der Waals surface area contributed by atoms with Gasteiger partial charge in [0.1, 0.15) is 12.4 Å².